The zero-order chi connectivity index (χ0) is 11.2. The van der Waals surface area contributed by atoms with Crippen LogP contribution in [0.25, 0.3) is 0 Å². The number of aliphatic hydroxyl groups excluding tert-OH is 1. The molecule has 0 spiro atoms. The van der Waals surface area contributed by atoms with E-state index in [0.717, 1.165) is 24.8 Å². The Balaban J connectivity index is 4.15. The van der Waals surface area contributed by atoms with Crippen LogP contribution in [-0.4, -0.2) is 23.4 Å². The summed E-state index contributed by atoms with van der Waals surface area (Å²) in [5.41, 5.74) is 0.712. The van der Waals surface area contributed by atoms with Gasteiger partial charge in [0.25, 0.3) is 0 Å². The normalized spacial score (nSPS) is 17.5. The number of aliphatic hydroxyl groups is 1. The lowest BCUT2D eigenvalue weighted by Gasteiger charge is -2.33. The topological polar surface area (TPSA) is 29.5 Å². The van der Waals surface area contributed by atoms with Gasteiger partial charge in [-0.25, -0.2) is 0 Å². The van der Waals surface area contributed by atoms with Crippen molar-refractivity contribution in [3.8, 4) is 0 Å². The van der Waals surface area contributed by atoms with E-state index < -0.39 is 11.7 Å². The molecule has 0 bridgehead atoms. The average Bonchev–Trinajstić information content (AvgIpc) is 2.14. The Kier molecular flexibility index (Phi) is 6.05. The van der Waals surface area contributed by atoms with Crippen LogP contribution in [0.3, 0.4) is 0 Å². The van der Waals surface area contributed by atoms with Crippen LogP contribution in [0.15, 0.2) is 12.2 Å². The Morgan fingerprint density at radius 1 is 1.50 bits per heavy atom. The Labute approximate surface area is 88.0 Å². The highest BCUT2D eigenvalue weighted by Gasteiger charge is 2.31. The summed E-state index contributed by atoms with van der Waals surface area (Å²) in [6.07, 6.45) is 2.03. The number of hydrogen-bond donors (Lipinski definition) is 1. The predicted octanol–water partition coefficient (Wildman–Crippen LogP) is 2.91. The SMILES string of the molecule is C=C(C)CCC(O)C(C)(CC)OCC. The van der Waals surface area contributed by atoms with Gasteiger partial charge in [-0.2, -0.15) is 0 Å². The van der Waals surface area contributed by atoms with Gasteiger partial charge in [0, 0.05) is 6.61 Å². The predicted molar refractivity (Wildman–Crippen MR) is 60.4 cm³/mol. The lowest BCUT2D eigenvalue weighted by molar-refractivity contribution is -0.112. The van der Waals surface area contributed by atoms with Crippen LogP contribution in [0.5, 0.6) is 0 Å². The molecule has 0 saturated heterocycles. The van der Waals surface area contributed by atoms with Gasteiger partial charge in [-0.3, -0.25) is 0 Å². The molecule has 2 nitrogen and oxygen atoms in total. The van der Waals surface area contributed by atoms with Crippen molar-refractivity contribution in [1.29, 1.82) is 0 Å². The molecule has 0 aromatic carbocycles. The van der Waals surface area contributed by atoms with Crippen LogP contribution < -0.4 is 0 Å². The molecule has 0 amide bonds. The molecule has 2 unspecified atom stereocenters. The largest absolute Gasteiger partial charge is 0.390 e. The summed E-state index contributed by atoms with van der Waals surface area (Å²) in [5.74, 6) is 0. The van der Waals surface area contributed by atoms with E-state index in [4.69, 9.17) is 4.74 Å². The molecule has 2 heteroatoms. The van der Waals surface area contributed by atoms with Crippen LogP contribution in [0.1, 0.15) is 47.0 Å². The maximum atomic E-state index is 9.98. The second-order valence-corrected chi connectivity index (χ2v) is 4.11. The third kappa shape index (κ3) is 4.25. The minimum atomic E-state index is -0.399. The van der Waals surface area contributed by atoms with Crippen molar-refractivity contribution >= 4 is 0 Å². The molecule has 14 heavy (non-hydrogen) atoms. The van der Waals surface area contributed by atoms with Crippen LogP contribution in [0.2, 0.25) is 0 Å². The summed E-state index contributed by atoms with van der Waals surface area (Å²) in [6.45, 7) is 12.4. The van der Waals surface area contributed by atoms with Crippen molar-refractivity contribution in [2.45, 2.75) is 58.7 Å². The average molecular weight is 200 g/mol. The van der Waals surface area contributed by atoms with E-state index in [1.54, 1.807) is 0 Å². The van der Waals surface area contributed by atoms with E-state index in [9.17, 15) is 5.11 Å². The van der Waals surface area contributed by atoms with E-state index in [1.165, 1.54) is 0 Å². The zero-order valence-electron chi connectivity index (χ0n) is 9.97. The van der Waals surface area contributed by atoms with Crippen molar-refractivity contribution < 1.29 is 9.84 Å². The first kappa shape index (κ1) is 13.7. The van der Waals surface area contributed by atoms with E-state index in [0.29, 0.717) is 6.61 Å². The van der Waals surface area contributed by atoms with Crippen molar-refractivity contribution in [2.24, 2.45) is 0 Å². The fourth-order valence-electron chi connectivity index (χ4n) is 1.45. The monoisotopic (exact) mass is 200 g/mol. The summed E-state index contributed by atoms with van der Waals surface area (Å²) >= 11 is 0. The molecular weight excluding hydrogens is 176 g/mol. The fraction of sp³-hybridized carbons (Fsp3) is 0.833. The van der Waals surface area contributed by atoms with E-state index >= 15 is 0 Å². The second kappa shape index (κ2) is 6.20. The van der Waals surface area contributed by atoms with Crippen molar-refractivity contribution in [2.75, 3.05) is 6.61 Å². The standard InChI is InChI=1S/C12H24O2/c1-6-12(5,14-7-2)11(13)9-8-10(3)4/h11,13H,3,6-9H2,1-2,4-5H3. The Morgan fingerprint density at radius 2 is 2.07 bits per heavy atom. The molecule has 0 rings (SSSR count). The van der Waals surface area contributed by atoms with E-state index in [1.807, 2.05) is 27.7 Å². The number of ether oxygens (including phenoxy) is 1. The smallest absolute Gasteiger partial charge is 0.0909 e. The summed E-state index contributed by atoms with van der Waals surface area (Å²) < 4.78 is 5.59. The van der Waals surface area contributed by atoms with Crippen LogP contribution in [0.4, 0.5) is 0 Å². The summed E-state index contributed by atoms with van der Waals surface area (Å²) in [4.78, 5) is 0. The molecule has 0 saturated carbocycles. The van der Waals surface area contributed by atoms with Gasteiger partial charge in [-0.05, 0) is 40.0 Å². The van der Waals surface area contributed by atoms with Gasteiger partial charge < -0.3 is 9.84 Å². The lowest BCUT2D eigenvalue weighted by atomic mass is 9.91. The van der Waals surface area contributed by atoms with Crippen molar-refractivity contribution in [3.63, 3.8) is 0 Å². The number of allylic oxidation sites excluding steroid dienone is 1. The van der Waals surface area contributed by atoms with Crippen LogP contribution >= 0.6 is 0 Å². The van der Waals surface area contributed by atoms with Crippen LogP contribution in [0, 0.1) is 0 Å². The fourth-order valence-corrected chi connectivity index (χ4v) is 1.45. The van der Waals surface area contributed by atoms with Gasteiger partial charge in [0.05, 0.1) is 11.7 Å². The first-order valence-electron chi connectivity index (χ1n) is 5.42. The third-order valence-electron chi connectivity index (χ3n) is 2.73. The Morgan fingerprint density at radius 3 is 2.43 bits per heavy atom. The molecule has 1 N–H and O–H groups in total. The highest BCUT2D eigenvalue weighted by molar-refractivity contribution is 4.91. The maximum Gasteiger partial charge on any atom is 0.0909 e. The zero-order valence-corrected chi connectivity index (χ0v) is 9.97. The molecule has 0 aliphatic rings. The van der Waals surface area contributed by atoms with Gasteiger partial charge in [-0.15, -0.1) is 6.58 Å². The maximum absolute atomic E-state index is 9.98. The highest BCUT2D eigenvalue weighted by Crippen LogP contribution is 2.24. The van der Waals surface area contributed by atoms with Gasteiger partial charge >= 0.3 is 0 Å². The quantitative estimate of drug-likeness (QED) is 0.640. The summed E-state index contributed by atoms with van der Waals surface area (Å²) in [7, 11) is 0. The molecular formula is C12H24O2. The van der Waals surface area contributed by atoms with Gasteiger partial charge in [0.15, 0.2) is 0 Å². The molecule has 84 valence electrons. The van der Waals surface area contributed by atoms with Gasteiger partial charge in [-0.1, -0.05) is 12.5 Å². The third-order valence-corrected chi connectivity index (χ3v) is 2.73. The van der Waals surface area contributed by atoms with E-state index in [-0.39, 0.29) is 0 Å². The Bertz CT molecular complexity index is 177. The minimum Gasteiger partial charge on any atom is -0.390 e. The molecule has 0 aliphatic heterocycles. The molecule has 0 aromatic heterocycles. The van der Waals surface area contributed by atoms with E-state index in [2.05, 4.69) is 6.58 Å². The summed E-state index contributed by atoms with van der Waals surface area (Å²) in [6, 6.07) is 0. The lowest BCUT2D eigenvalue weighted by Crippen LogP contribution is -2.41. The summed E-state index contributed by atoms with van der Waals surface area (Å²) in [5, 5.41) is 9.98. The molecule has 0 heterocycles. The van der Waals surface area contributed by atoms with Crippen LogP contribution in [-0.2, 0) is 4.74 Å². The molecule has 0 fully saturated rings. The highest BCUT2D eigenvalue weighted by atomic mass is 16.5. The van der Waals surface area contributed by atoms with Gasteiger partial charge in [0.1, 0.15) is 0 Å². The number of rotatable bonds is 7. The van der Waals surface area contributed by atoms with Gasteiger partial charge in [0.2, 0.25) is 0 Å². The first-order chi connectivity index (χ1) is 6.46. The molecule has 0 aliphatic carbocycles. The molecule has 0 radical (unpaired) electrons. The van der Waals surface area contributed by atoms with Crippen molar-refractivity contribution in [3.05, 3.63) is 12.2 Å². The molecule has 0 aromatic rings. The number of hydrogen-bond acceptors (Lipinski definition) is 2. The first-order valence-corrected chi connectivity index (χ1v) is 5.42. The Hall–Kier alpha value is -0.340. The van der Waals surface area contributed by atoms with Crippen molar-refractivity contribution in [1.82, 2.24) is 0 Å². The second-order valence-electron chi connectivity index (χ2n) is 4.11. The molecule has 2 atom stereocenters. The minimum absolute atomic E-state index is 0.399.